The van der Waals surface area contributed by atoms with Crippen molar-refractivity contribution in [2.75, 3.05) is 0 Å². The highest BCUT2D eigenvalue weighted by Crippen LogP contribution is 2.26. The van der Waals surface area contributed by atoms with Crippen molar-refractivity contribution in [3.05, 3.63) is 29.8 Å². The van der Waals surface area contributed by atoms with Gasteiger partial charge in [-0.05, 0) is 11.0 Å². The van der Waals surface area contributed by atoms with E-state index in [1.807, 2.05) is 24.3 Å². The van der Waals surface area contributed by atoms with Gasteiger partial charge >= 0.3 is 0 Å². The van der Waals surface area contributed by atoms with E-state index >= 15 is 0 Å². The minimum absolute atomic E-state index is 0.0586. The lowest BCUT2D eigenvalue weighted by Gasteiger charge is -2.19. The molecule has 0 saturated heterocycles. The summed E-state index contributed by atoms with van der Waals surface area (Å²) in [5.74, 6) is 0.463. The number of benzene rings is 1. The highest BCUT2D eigenvalue weighted by atomic mass is 35.7. The van der Waals surface area contributed by atoms with Crippen molar-refractivity contribution >= 4 is 19.7 Å². The zero-order valence-corrected chi connectivity index (χ0v) is 13.3. The summed E-state index contributed by atoms with van der Waals surface area (Å²) >= 11 is 0. The van der Waals surface area contributed by atoms with E-state index in [2.05, 4.69) is 31.0 Å². The van der Waals surface area contributed by atoms with Crippen LogP contribution in [0.3, 0.4) is 0 Å². The number of hydrogen-bond acceptors (Lipinski definition) is 4. The molecule has 1 heterocycles. The summed E-state index contributed by atoms with van der Waals surface area (Å²) in [5.41, 5.74) is 2.04. The predicted molar refractivity (Wildman–Crippen MR) is 78.2 cm³/mol. The summed E-state index contributed by atoms with van der Waals surface area (Å²) < 4.78 is 24.0. The molecule has 0 N–H and O–H groups in total. The van der Waals surface area contributed by atoms with E-state index in [0.717, 1.165) is 5.56 Å². The van der Waals surface area contributed by atoms with Crippen LogP contribution >= 0.6 is 10.7 Å². The van der Waals surface area contributed by atoms with Gasteiger partial charge in [-0.3, -0.25) is 4.57 Å². The lowest BCUT2D eigenvalue weighted by atomic mass is 9.87. The molecule has 0 aliphatic rings. The quantitative estimate of drug-likeness (QED) is 0.800. The van der Waals surface area contributed by atoms with Crippen molar-refractivity contribution in [3.63, 3.8) is 0 Å². The SMILES string of the molecule is Cn1c(-c2ccc(C(C)(C)C)cc2)nnc1S(=O)(=O)Cl. The van der Waals surface area contributed by atoms with E-state index in [-0.39, 0.29) is 10.6 Å². The molecule has 1 aromatic heterocycles. The summed E-state index contributed by atoms with van der Waals surface area (Å²) in [7, 11) is 2.98. The van der Waals surface area contributed by atoms with Gasteiger partial charge in [-0.15, -0.1) is 10.2 Å². The Morgan fingerprint density at radius 2 is 1.65 bits per heavy atom. The molecule has 2 aromatic rings. The van der Waals surface area contributed by atoms with E-state index in [1.165, 1.54) is 10.1 Å². The van der Waals surface area contributed by atoms with Gasteiger partial charge < -0.3 is 0 Å². The molecule has 108 valence electrons. The van der Waals surface area contributed by atoms with Crippen LogP contribution in [0.2, 0.25) is 0 Å². The first-order valence-corrected chi connectivity index (χ1v) is 8.36. The average molecular weight is 314 g/mol. The van der Waals surface area contributed by atoms with Crippen LogP contribution in [0.5, 0.6) is 0 Å². The van der Waals surface area contributed by atoms with Crippen LogP contribution in [0.1, 0.15) is 26.3 Å². The zero-order valence-electron chi connectivity index (χ0n) is 11.8. The summed E-state index contributed by atoms with van der Waals surface area (Å²) in [4.78, 5) is 0. The minimum Gasteiger partial charge on any atom is -0.300 e. The van der Waals surface area contributed by atoms with Gasteiger partial charge in [-0.1, -0.05) is 45.0 Å². The van der Waals surface area contributed by atoms with Gasteiger partial charge in [0.05, 0.1) is 0 Å². The van der Waals surface area contributed by atoms with Crippen LogP contribution < -0.4 is 0 Å². The first kappa shape index (κ1) is 15.0. The fourth-order valence-electron chi connectivity index (χ4n) is 1.90. The fraction of sp³-hybridized carbons (Fsp3) is 0.385. The first-order chi connectivity index (χ1) is 9.10. The van der Waals surface area contributed by atoms with Crippen LogP contribution in [0.25, 0.3) is 11.4 Å². The van der Waals surface area contributed by atoms with Crippen LogP contribution in [0.4, 0.5) is 0 Å². The van der Waals surface area contributed by atoms with Gasteiger partial charge in [0.2, 0.25) is 0 Å². The minimum atomic E-state index is -3.89. The van der Waals surface area contributed by atoms with Gasteiger partial charge in [0.1, 0.15) is 0 Å². The molecular weight excluding hydrogens is 298 g/mol. The number of nitrogens with zero attached hydrogens (tertiary/aromatic N) is 3. The van der Waals surface area contributed by atoms with Crippen LogP contribution in [0, 0.1) is 0 Å². The third-order valence-corrected chi connectivity index (χ3v) is 4.27. The Balaban J connectivity index is 2.46. The molecule has 7 heteroatoms. The monoisotopic (exact) mass is 313 g/mol. The van der Waals surface area contributed by atoms with Crippen molar-refractivity contribution in [2.45, 2.75) is 31.3 Å². The number of aromatic nitrogens is 3. The van der Waals surface area contributed by atoms with Gasteiger partial charge in [-0.25, -0.2) is 8.42 Å². The molecule has 0 fully saturated rings. The predicted octanol–water partition coefficient (Wildman–Crippen LogP) is 2.71. The van der Waals surface area contributed by atoms with Crippen LogP contribution in [-0.2, 0) is 21.5 Å². The van der Waals surface area contributed by atoms with E-state index in [0.29, 0.717) is 5.82 Å². The van der Waals surface area contributed by atoms with Crippen molar-refractivity contribution in [2.24, 2.45) is 7.05 Å². The Hall–Kier alpha value is -1.40. The second-order valence-corrected chi connectivity index (χ2v) is 8.09. The summed E-state index contributed by atoms with van der Waals surface area (Å²) in [6.45, 7) is 6.38. The molecule has 2 rings (SSSR count). The van der Waals surface area contributed by atoms with Crippen LogP contribution in [0.15, 0.2) is 29.4 Å². The molecule has 0 radical (unpaired) electrons. The van der Waals surface area contributed by atoms with Gasteiger partial charge in [0.25, 0.3) is 14.2 Å². The molecule has 0 aliphatic heterocycles. The second-order valence-electron chi connectivity index (χ2n) is 5.63. The van der Waals surface area contributed by atoms with E-state index in [4.69, 9.17) is 10.7 Å². The molecule has 1 aromatic carbocycles. The Bertz CT molecular complexity index is 728. The molecule has 0 atom stereocenters. The van der Waals surface area contributed by atoms with Gasteiger partial charge in [-0.2, -0.15) is 0 Å². The highest BCUT2D eigenvalue weighted by molar-refractivity contribution is 8.13. The maximum absolute atomic E-state index is 11.3. The van der Waals surface area contributed by atoms with Crippen LogP contribution in [-0.4, -0.2) is 23.2 Å². The zero-order chi connectivity index (χ0) is 15.1. The van der Waals surface area contributed by atoms with Gasteiger partial charge in [0.15, 0.2) is 5.82 Å². The topological polar surface area (TPSA) is 64.8 Å². The van der Waals surface area contributed by atoms with Crippen molar-refractivity contribution in [3.8, 4) is 11.4 Å². The fourth-order valence-corrected chi connectivity index (χ4v) is 2.85. The molecule has 0 saturated carbocycles. The molecule has 0 amide bonds. The van der Waals surface area contributed by atoms with Crippen molar-refractivity contribution in [1.29, 1.82) is 0 Å². The number of hydrogen-bond donors (Lipinski definition) is 0. The third-order valence-electron chi connectivity index (χ3n) is 3.06. The smallest absolute Gasteiger partial charge is 0.296 e. The largest absolute Gasteiger partial charge is 0.300 e. The molecule has 0 spiro atoms. The van der Waals surface area contributed by atoms with Gasteiger partial charge in [0, 0.05) is 23.3 Å². The normalized spacial score (nSPS) is 12.7. The standard InChI is InChI=1S/C13H16ClN3O2S/c1-13(2,3)10-7-5-9(6-8-10)11-15-16-12(17(11)4)20(14,18)19/h5-8H,1-4H3. The first-order valence-electron chi connectivity index (χ1n) is 6.05. The Kier molecular flexibility index (Phi) is 3.64. The molecule has 0 bridgehead atoms. The molecule has 0 aliphatic carbocycles. The van der Waals surface area contributed by atoms with Crippen molar-refractivity contribution in [1.82, 2.24) is 14.8 Å². The average Bonchev–Trinajstić information content (AvgIpc) is 2.70. The highest BCUT2D eigenvalue weighted by Gasteiger charge is 2.21. The molecule has 5 nitrogen and oxygen atoms in total. The Morgan fingerprint density at radius 1 is 1.10 bits per heavy atom. The Morgan fingerprint density at radius 3 is 2.05 bits per heavy atom. The van der Waals surface area contributed by atoms with E-state index in [1.54, 1.807) is 7.05 Å². The summed E-state index contributed by atoms with van der Waals surface area (Å²) in [6.07, 6.45) is 0. The lowest BCUT2D eigenvalue weighted by molar-refractivity contribution is 0.590. The number of halogens is 1. The number of rotatable bonds is 2. The maximum Gasteiger partial charge on any atom is 0.296 e. The summed E-state index contributed by atoms with van der Waals surface area (Å²) in [5, 5.41) is 7.27. The lowest BCUT2D eigenvalue weighted by Crippen LogP contribution is -2.10. The molecule has 0 unspecified atom stereocenters. The molecule has 20 heavy (non-hydrogen) atoms. The van der Waals surface area contributed by atoms with Crippen molar-refractivity contribution < 1.29 is 8.42 Å². The Labute approximate surface area is 123 Å². The third kappa shape index (κ3) is 2.86. The van der Waals surface area contributed by atoms with E-state index in [9.17, 15) is 8.42 Å². The maximum atomic E-state index is 11.3. The summed E-state index contributed by atoms with van der Waals surface area (Å²) in [6, 6.07) is 7.79. The molecular formula is C13H16ClN3O2S. The van der Waals surface area contributed by atoms with E-state index < -0.39 is 9.05 Å². The second kappa shape index (κ2) is 4.86.